The number of nitrogens with zero attached hydrogens (tertiary/aromatic N) is 1. The summed E-state index contributed by atoms with van der Waals surface area (Å²) in [7, 11) is 0. The highest BCUT2D eigenvalue weighted by Gasteiger charge is 2.76. The summed E-state index contributed by atoms with van der Waals surface area (Å²) in [6.07, 6.45) is 6.89. The van der Waals surface area contributed by atoms with Gasteiger partial charge in [-0.05, 0) is 182 Å². The van der Waals surface area contributed by atoms with Crippen molar-refractivity contribution in [2.75, 3.05) is 4.90 Å². The van der Waals surface area contributed by atoms with Crippen LogP contribution in [0.2, 0.25) is 0 Å². The number of thiophene rings is 1. The van der Waals surface area contributed by atoms with Crippen LogP contribution >= 0.6 is 11.3 Å². The molecule has 0 N–H and O–H groups in total. The zero-order valence-corrected chi connectivity index (χ0v) is 46.1. The van der Waals surface area contributed by atoms with E-state index in [0.717, 1.165) is 37.1 Å². The van der Waals surface area contributed by atoms with E-state index in [4.69, 9.17) is 0 Å². The number of fused-ring (bicyclic) bond motifs is 13. The van der Waals surface area contributed by atoms with Crippen LogP contribution in [0, 0.1) is 5.92 Å². The predicted octanol–water partition coefficient (Wildman–Crippen LogP) is 21.3. The van der Waals surface area contributed by atoms with Crippen molar-refractivity contribution in [3.05, 3.63) is 294 Å². The lowest BCUT2D eigenvalue weighted by Crippen LogP contribution is -2.72. The molecule has 7 aliphatic carbocycles. The molecular formula is C79H59NS. The van der Waals surface area contributed by atoms with Gasteiger partial charge in [0, 0.05) is 53.4 Å². The minimum atomic E-state index is -0.248. The first kappa shape index (κ1) is 46.2. The molecule has 11 aromatic carbocycles. The molecule has 0 saturated heterocycles. The highest BCUT2D eigenvalue weighted by atomic mass is 32.1. The first-order valence-electron chi connectivity index (χ1n) is 29.7. The molecule has 1 aromatic heterocycles. The first-order valence-corrected chi connectivity index (χ1v) is 30.5. The van der Waals surface area contributed by atoms with Crippen LogP contribution < -0.4 is 4.90 Å². The van der Waals surface area contributed by atoms with E-state index in [0.29, 0.717) is 23.7 Å². The van der Waals surface area contributed by atoms with Crippen LogP contribution in [0.25, 0.3) is 75.8 Å². The minimum absolute atomic E-state index is 0.183. The molecule has 12 aromatic rings. The van der Waals surface area contributed by atoms with Crippen molar-refractivity contribution in [2.24, 2.45) is 5.92 Å². The van der Waals surface area contributed by atoms with Gasteiger partial charge in [-0.3, -0.25) is 0 Å². The number of anilines is 3. The fourth-order valence-corrected chi connectivity index (χ4v) is 20.1. The second kappa shape index (κ2) is 17.2. The Morgan fingerprint density at radius 1 is 0.333 bits per heavy atom. The van der Waals surface area contributed by atoms with E-state index in [1.165, 1.54) is 99.9 Å². The van der Waals surface area contributed by atoms with Gasteiger partial charge in [-0.2, -0.15) is 0 Å². The van der Waals surface area contributed by atoms with Crippen molar-refractivity contribution in [1.29, 1.82) is 0 Å². The van der Waals surface area contributed by atoms with E-state index in [9.17, 15) is 0 Å². The molecule has 6 bridgehead atoms. The average Bonchev–Trinajstić information content (AvgIpc) is 1.96. The second-order valence-corrected chi connectivity index (χ2v) is 25.7. The largest absolute Gasteiger partial charge is 0.310 e. The van der Waals surface area contributed by atoms with Gasteiger partial charge in [0.2, 0.25) is 0 Å². The molecule has 0 aliphatic heterocycles. The quantitative estimate of drug-likeness (QED) is 0.166. The molecule has 81 heavy (non-hydrogen) atoms. The smallest absolute Gasteiger partial charge is 0.0543 e. The summed E-state index contributed by atoms with van der Waals surface area (Å²) in [6, 6.07) is 102. The van der Waals surface area contributed by atoms with E-state index < -0.39 is 0 Å². The number of rotatable bonds is 5. The predicted molar refractivity (Wildman–Crippen MR) is 339 cm³/mol. The summed E-state index contributed by atoms with van der Waals surface area (Å²) in [6.45, 7) is 0. The minimum Gasteiger partial charge on any atom is -0.310 e. The monoisotopic (exact) mass is 1050 g/mol. The van der Waals surface area contributed by atoms with Crippen LogP contribution in [0.1, 0.15) is 89.7 Å². The van der Waals surface area contributed by atoms with Crippen molar-refractivity contribution in [1.82, 2.24) is 0 Å². The maximum absolute atomic E-state index is 2.66. The van der Waals surface area contributed by atoms with Gasteiger partial charge in [0.1, 0.15) is 0 Å². The van der Waals surface area contributed by atoms with Crippen LogP contribution in [-0.4, -0.2) is 0 Å². The Balaban J connectivity index is 0.929. The summed E-state index contributed by atoms with van der Waals surface area (Å²) in [5, 5.41) is 2.66. The first-order chi connectivity index (χ1) is 40.1. The zero-order chi connectivity index (χ0) is 53.0. The maximum atomic E-state index is 2.66. The number of hydrogen-bond acceptors (Lipinski definition) is 2. The number of hydrogen-bond donors (Lipinski definition) is 0. The standard InChI is InChI=1S/C79H59NS/c1-2-18-50(19-3-1)51-36-40-57(41-37-51)80(58-42-38-52(39-43-58)62-29-16-30-69-67-27-12-15-35-74(67)81-76(62)69)73-34-17-33-72-75(73)68-28-9-6-22-61(68)55-48-77-46-53(59-20-4-7-23-63(59)65-25-10-13-31-70(65)77)44-56-45-54-47-78(72,49-55)79(56,77)71-32-14-11-26-66(71)64-24-8-5-21-60(54)64/h1-43,53-56H,44-49H2. The highest BCUT2D eigenvalue weighted by Crippen LogP contribution is 2.82. The van der Waals surface area contributed by atoms with E-state index in [-0.39, 0.29) is 16.2 Å². The van der Waals surface area contributed by atoms with Gasteiger partial charge in [-0.25, -0.2) is 0 Å². The Morgan fingerprint density at radius 3 is 1.49 bits per heavy atom. The normalized spacial score (nSPS) is 23.9. The molecule has 0 amide bonds. The molecule has 0 radical (unpaired) electrons. The van der Waals surface area contributed by atoms with Gasteiger partial charge in [-0.1, -0.05) is 224 Å². The summed E-state index contributed by atoms with van der Waals surface area (Å²) >= 11 is 1.91. The van der Waals surface area contributed by atoms with Gasteiger partial charge in [-0.15, -0.1) is 11.3 Å². The molecule has 3 spiro atoms. The third-order valence-corrected chi connectivity index (χ3v) is 22.6. The van der Waals surface area contributed by atoms with Crippen molar-refractivity contribution < 1.29 is 0 Å². The van der Waals surface area contributed by atoms with Crippen molar-refractivity contribution in [3.8, 4) is 55.6 Å². The lowest BCUT2D eigenvalue weighted by atomic mass is 9.28. The van der Waals surface area contributed by atoms with Gasteiger partial charge in [0.15, 0.2) is 0 Å². The molecule has 7 unspecified atom stereocenters. The molecule has 3 saturated carbocycles. The van der Waals surface area contributed by atoms with Crippen LogP contribution in [0.3, 0.4) is 0 Å². The Morgan fingerprint density at radius 2 is 0.802 bits per heavy atom. The van der Waals surface area contributed by atoms with E-state index >= 15 is 0 Å². The molecule has 7 aliphatic rings. The third kappa shape index (κ3) is 6.21. The summed E-state index contributed by atoms with van der Waals surface area (Å²) in [4.78, 5) is 2.63. The van der Waals surface area contributed by atoms with Crippen molar-refractivity contribution in [3.63, 3.8) is 0 Å². The van der Waals surface area contributed by atoms with Gasteiger partial charge < -0.3 is 4.90 Å². The summed E-state index contributed by atoms with van der Waals surface area (Å²) in [5.41, 5.74) is 25.9. The summed E-state index contributed by atoms with van der Waals surface area (Å²) < 4.78 is 2.68. The van der Waals surface area contributed by atoms with Gasteiger partial charge >= 0.3 is 0 Å². The highest BCUT2D eigenvalue weighted by molar-refractivity contribution is 7.26. The average molecular weight is 1050 g/mol. The lowest BCUT2D eigenvalue weighted by molar-refractivity contribution is -0.0933. The fraction of sp³-hybridized carbons (Fsp3) is 0.165. The maximum Gasteiger partial charge on any atom is 0.0543 e. The molecular weight excluding hydrogens is 995 g/mol. The van der Waals surface area contributed by atoms with E-state index in [2.05, 4.69) is 266 Å². The fourth-order valence-electron chi connectivity index (χ4n) is 18.9. The van der Waals surface area contributed by atoms with Gasteiger partial charge in [0.25, 0.3) is 0 Å². The Bertz CT molecular complexity index is 4530. The van der Waals surface area contributed by atoms with Gasteiger partial charge in [0.05, 0.1) is 5.69 Å². The van der Waals surface area contributed by atoms with Crippen molar-refractivity contribution >= 4 is 48.6 Å². The van der Waals surface area contributed by atoms with Crippen LogP contribution in [0.15, 0.2) is 261 Å². The molecule has 2 heteroatoms. The molecule has 7 atom stereocenters. The molecule has 3 fully saturated rings. The zero-order valence-electron chi connectivity index (χ0n) is 45.2. The van der Waals surface area contributed by atoms with E-state index in [1.807, 2.05) is 11.3 Å². The van der Waals surface area contributed by atoms with Crippen molar-refractivity contribution in [2.45, 2.75) is 72.5 Å². The molecule has 1 heterocycles. The Hall–Kier alpha value is -8.56. The third-order valence-electron chi connectivity index (χ3n) is 21.4. The lowest BCUT2D eigenvalue weighted by Gasteiger charge is -2.75. The van der Waals surface area contributed by atoms with Crippen LogP contribution in [0.5, 0.6) is 0 Å². The molecule has 1 nitrogen and oxygen atoms in total. The summed E-state index contributed by atoms with van der Waals surface area (Å²) in [5.74, 6) is 1.61. The molecule has 19 rings (SSSR count). The van der Waals surface area contributed by atoms with Crippen LogP contribution in [0.4, 0.5) is 17.1 Å². The Labute approximate surface area is 478 Å². The number of benzene rings is 11. The second-order valence-electron chi connectivity index (χ2n) is 24.7. The van der Waals surface area contributed by atoms with E-state index in [1.54, 1.807) is 27.8 Å². The SMILES string of the molecule is c1ccc(-c2ccc(N(c3ccc(-c4cccc5c4sc4ccccc45)cc3)c3cccc4c3-c3ccccc3C3CC56CC(CC7CC8CC4(C3)C75c3ccccc3-c3ccccc38)c3ccccc3-c3ccccc36)cc2)cc1. The molecule has 386 valence electrons. The van der Waals surface area contributed by atoms with Crippen LogP contribution in [-0.2, 0) is 16.2 Å². The Kier molecular flexibility index (Phi) is 9.83. The topological polar surface area (TPSA) is 3.24 Å².